The zero-order chi connectivity index (χ0) is 21.5. The standard InChI is InChI=1S/C22H37N3O3/c1-16(2)21(27)25(11-12-28-8)15-17-13-18(9-10-19(17)24(6)7)23-20(26)14-22(3,4)5/h9-10,13,16H,11-12,14-15H2,1-8H3,(H,23,26). The Kier molecular flexibility index (Phi) is 8.95. The van der Waals surface area contributed by atoms with Gasteiger partial charge >= 0.3 is 0 Å². The molecule has 1 rings (SSSR count). The van der Waals surface area contributed by atoms with Gasteiger partial charge in [-0.15, -0.1) is 0 Å². The molecule has 0 heterocycles. The van der Waals surface area contributed by atoms with Crippen LogP contribution < -0.4 is 10.2 Å². The van der Waals surface area contributed by atoms with Crippen LogP contribution in [0.15, 0.2) is 18.2 Å². The number of benzene rings is 1. The van der Waals surface area contributed by atoms with E-state index in [1.807, 2.05) is 76.7 Å². The van der Waals surface area contributed by atoms with E-state index in [9.17, 15) is 9.59 Å². The zero-order valence-corrected chi connectivity index (χ0v) is 18.8. The molecule has 0 fully saturated rings. The summed E-state index contributed by atoms with van der Waals surface area (Å²) >= 11 is 0. The number of carbonyl (C=O) groups excluding carboxylic acids is 2. The highest BCUT2D eigenvalue weighted by molar-refractivity contribution is 5.91. The summed E-state index contributed by atoms with van der Waals surface area (Å²) < 4.78 is 5.18. The van der Waals surface area contributed by atoms with Crippen molar-refractivity contribution in [3.63, 3.8) is 0 Å². The molecule has 0 aromatic heterocycles. The number of rotatable bonds is 9. The maximum Gasteiger partial charge on any atom is 0.225 e. The Hall–Kier alpha value is -2.08. The topological polar surface area (TPSA) is 61.9 Å². The molecule has 158 valence electrons. The predicted octanol–water partition coefficient (Wildman–Crippen LogP) is 3.76. The van der Waals surface area contributed by atoms with E-state index in [1.165, 1.54) is 0 Å². The monoisotopic (exact) mass is 391 g/mol. The predicted molar refractivity (Wildman–Crippen MR) is 116 cm³/mol. The molecule has 0 atom stereocenters. The van der Waals surface area contributed by atoms with Crippen LogP contribution >= 0.6 is 0 Å². The summed E-state index contributed by atoms with van der Waals surface area (Å²) in [6.45, 7) is 11.4. The van der Waals surface area contributed by atoms with Crippen molar-refractivity contribution >= 4 is 23.2 Å². The molecule has 0 unspecified atom stereocenters. The first-order chi connectivity index (χ1) is 12.9. The van der Waals surface area contributed by atoms with Crippen LogP contribution in [-0.2, 0) is 20.9 Å². The molecule has 2 amide bonds. The summed E-state index contributed by atoms with van der Waals surface area (Å²) in [5.41, 5.74) is 2.69. The normalized spacial score (nSPS) is 11.5. The summed E-state index contributed by atoms with van der Waals surface area (Å²) in [6, 6.07) is 5.85. The molecule has 0 aliphatic heterocycles. The number of carbonyl (C=O) groups is 2. The summed E-state index contributed by atoms with van der Waals surface area (Å²) in [7, 11) is 5.58. The van der Waals surface area contributed by atoms with Crippen LogP contribution in [0, 0.1) is 11.3 Å². The van der Waals surface area contributed by atoms with Gasteiger partial charge in [0.1, 0.15) is 0 Å². The van der Waals surface area contributed by atoms with Crippen LogP contribution in [-0.4, -0.2) is 51.1 Å². The second-order valence-electron chi connectivity index (χ2n) is 8.93. The molecule has 0 radical (unpaired) electrons. The number of hydrogen-bond acceptors (Lipinski definition) is 4. The van der Waals surface area contributed by atoms with Crippen LogP contribution in [0.3, 0.4) is 0 Å². The van der Waals surface area contributed by atoms with Crippen LogP contribution in [0.2, 0.25) is 0 Å². The quantitative estimate of drug-likeness (QED) is 0.696. The molecule has 6 nitrogen and oxygen atoms in total. The van der Waals surface area contributed by atoms with Gasteiger partial charge in [-0.25, -0.2) is 0 Å². The minimum Gasteiger partial charge on any atom is -0.383 e. The molecule has 0 aliphatic carbocycles. The van der Waals surface area contributed by atoms with Crippen molar-refractivity contribution in [2.45, 2.75) is 47.6 Å². The van der Waals surface area contributed by atoms with Gasteiger partial charge in [-0.3, -0.25) is 9.59 Å². The highest BCUT2D eigenvalue weighted by Crippen LogP contribution is 2.26. The Morgan fingerprint density at radius 1 is 1.18 bits per heavy atom. The smallest absolute Gasteiger partial charge is 0.225 e. The van der Waals surface area contributed by atoms with Crippen LogP contribution in [0.4, 0.5) is 11.4 Å². The van der Waals surface area contributed by atoms with Crippen molar-refractivity contribution in [1.82, 2.24) is 4.90 Å². The fraction of sp³-hybridized carbons (Fsp3) is 0.636. The van der Waals surface area contributed by atoms with Gasteiger partial charge < -0.3 is 19.9 Å². The van der Waals surface area contributed by atoms with E-state index >= 15 is 0 Å². The SMILES string of the molecule is COCCN(Cc1cc(NC(=O)CC(C)(C)C)ccc1N(C)C)C(=O)C(C)C. The maximum absolute atomic E-state index is 12.6. The summed E-state index contributed by atoms with van der Waals surface area (Å²) in [4.78, 5) is 28.8. The molecule has 28 heavy (non-hydrogen) atoms. The lowest BCUT2D eigenvalue weighted by atomic mass is 9.92. The van der Waals surface area contributed by atoms with E-state index in [-0.39, 0.29) is 23.1 Å². The van der Waals surface area contributed by atoms with E-state index in [4.69, 9.17) is 4.74 Å². The maximum atomic E-state index is 12.6. The van der Waals surface area contributed by atoms with Crippen molar-refractivity contribution in [3.8, 4) is 0 Å². The fourth-order valence-corrected chi connectivity index (χ4v) is 2.95. The second-order valence-corrected chi connectivity index (χ2v) is 8.93. The first-order valence-corrected chi connectivity index (χ1v) is 9.82. The molecule has 1 aromatic rings. The van der Waals surface area contributed by atoms with E-state index < -0.39 is 0 Å². The van der Waals surface area contributed by atoms with E-state index in [1.54, 1.807) is 7.11 Å². The number of nitrogens with one attached hydrogen (secondary N) is 1. The molecular formula is C22H37N3O3. The molecule has 1 N–H and O–H groups in total. The van der Waals surface area contributed by atoms with Crippen molar-refractivity contribution in [3.05, 3.63) is 23.8 Å². The minimum atomic E-state index is -0.0886. The summed E-state index contributed by atoms with van der Waals surface area (Å²) in [5.74, 6) is -0.0104. The lowest BCUT2D eigenvalue weighted by Gasteiger charge is -2.27. The second kappa shape index (κ2) is 10.5. The molecule has 1 aromatic carbocycles. The summed E-state index contributed by atoms with van der Waals surface area (Å²) in [5, 5.41) is 2.99. The Morgan fingerprint density at radius 3 is 2.32 bits per heavy atom. The fourth-order valence-electron chi connectivity index (χ4n) is 2.95. The third-order valence-corrected chi connectivity index (χ3v) is 4.27. The third-order valence-electron chi connectivity index (χ3n) is 4.27. The van der Waals surface area contributed by atoms with Crippen molar-refractivity contribution in [2.75, 3.05) is 44.6 Å². The van der Waals surface area contributed by atoms with Crippen molar-refractivity contribution < 1.29 is 14.3 Å². The largest absolute Gasteiger partial charge is 0.383 e. The van der Waals surface area contributed by atoms with Gasteiger partial charge in [0.15, 0.2) is 0 Å². The van der Waals surface area contributed by atoms with Crippen molar-refractivity contribution in [1.29, 1.82) is 0 Å². The Labute approximate surface area is 170 Å². The van der Waals surface area contributed by atoms with Crippen LogP contribution in [0.5, 0.6) is 0 Å². The lowest BCUT2D eigenvalue weighted by molar-refractivity contribution is -0.135. The van der Waals surface area contributed by atoms with E-state index in [2.05, 4.69) is 5.32 Å². The molecule has 0 saturated heterocycles. The Morgan fingerprint density at radius 2 is 1.82 bits per heavy atom. The lowest BCUT2D eigenvalue weighted by Crippen LogP contribution is -2.36. The number of nitrogens with zero attached hydrogens (tertiary/aromatic N) is 2. The highest BCUT2D eigenvalue weighted by atomic mass is 16.5. The van der Waals surface area contributed by atoms with Gasteiger partial charge in [0, 0.05) is 58.0 Å². The molecular weight excluding hydrogens is 354 g/mol. The molecule has 0 bridgehead atoms. The third kappa shape index (κ3) is 7.89. The Bertz CT molecular complexity index is 663. The van der Waals surface area contributed by atoms with Gasteiger partial charge in [0.25, 0.3) is 0 Å². The average molecular weight is 392 g/mol. The molecule has 0 saturated carbocycles. The number of methoxy groups -OCH3 is 1. The average Bonchev–Trinajstić information content (AvgIpc) is 2.55. The molecule has 0 spiro atoms. The van der Waals surface area contributed by atoms with Gasteiger partial charge in [-0.1, -0.05) is 34.6 Å². The molecule has 0 aliphatic rings. The summed E-state index contributed by atoms with van der Waals surface area (Å²) in [6.07, 6.45) is 0.448. The van der Waals surface area contributed by atoms with Gasteiger partial charge in [0.2, 0.25) is 11.8 Å². The number of hydrogen-bond donors (Lipinski definition) is 1. The van der Waals surface area contributed by atoms with Crippen molar-refractivity contribution in [2.24, 2.45) is 11.3 Å². The zero-order valence-electron chi connectivity index (χ0n) is 18.8. The molecule has 6 heteroatoms. The van der Waals surface area contributed by atoms with E-state index in [0.29, 0.717) is 26.1 Å². The van der Waals surface area contributed by atoms with Crippen LogP contribution in [0.1, 0.15) is 46.6 Å². The minimum absolute atomic E-state index is 0.00875. The number of anilines is 2. The highest BCUT2D eigenvalue weighted by Gasteiger charge is 2.20. The van der Waals surface area contributed by atoms with Gasteiger partial charge in [-0.05, 0) is 29.2 Å². The number of amides is 2. The first-order valence-electron chi connectivity index (χ1n) is 9.82. The number of ether oxygens (including phenoxy) is 1. The first kappa shape index (κ1) is 24.0. The van der Waals surface area contributed by atoms with E-state index in [0.717, 1.165) is 16.9 Å². The van der Waals surface area contributed by atoms with Crippen LogP contribution in [0.25, 0.3) is 0 Å². The van der Waals surface area contributed by atoms with Gasteiger partial charge in [-0.2, -0.15) is 0 Å². The Balaban J connectivity index is 3.11. The van der Waals surface area contributed by atoms with Gasteiger partial charge in [0.05, 0.1) is 6.61 Å².